The summed E-state index contributed by atoms with van der Waals surface area (Å²) in [4.78, 5) is 20.2. The molecular formula is C8H6ClNO4. The first-order chi connectivity index (χ1) is 6.50. The van der Waals surface area contributed by atoms with Gasteiger partial charge in [-0.3, -0.25) is 10.1 Å². The maximum absolute atomic E-state index is 10.4. The zero-order chi connectivity index (χ0) is 10.7. The van der Waals surface area contributed by atoms with E-state index in [0.29, 0.717) is 5.56 Å². The van der Waals surface area contributed by atoms with E-state index in [1.54, 1.807) is 6.92 Å². The van der Waals surface area contributed by atoms with E-state index >= 15 is 0 Å². The molecule has 0 saturated heterocycles. The number of non-ortho nitro benzene ring substituents is 1. The van der Waals surface area contributed by atoms with Crippen LogP contribution < -0.4 is 4.74 Å². The second kappa shape index (κ2) is 4.06. The Morgan fingerprint density at radius 3 is 2.64 bits per heavy atom. The van der Waals surface area contributed by atoms with Crippen molar-refractivity contribution in [1.29, 1.82) is 0 Å². The van der Waals surface area contributed by atoms with Crippen LogP contribution in [0.5, 0.6) is 5.75 Å². The van der Waals surface area contributed by atoms with Crippen LogP contribution in [-0.2, 0) is 0 Å². The number of benzene rings is 1. The average Bonchev–Trinajstić information content (AvgIpc) is 2.07. The maximum atomic E-state index is 10.4. The Labute approximate surface area is 84.4 Å². The van der Waals surface area contributed by atoms with Crippen molar-refractivity contribution < 1.29 is 14.5 Å². The van der Waals surface area contributed by atoms with Crippen LogP contribution in [0, 0.1) is 17.0 Å². The standard InChI is InChI=1S/C8H6ClNO4/c1-5-4-6(10(12)13)2-3-7(5)14-8(9)11/h2-4H,1H3. The molecule has 0 fully saturated rings. The summed E-state index contributed by atoms with van der Waals surface area (Å²) in [6.07, 6.45) is 0. The fourth-order valence-electron chi connectivity index (χ4n) is 0.948. The van der Waals surface area contributed by atoms with Crippen LogP contribution >= 0.6 is 11.6 Å². The smallest absolute Gasteiger partial charge is 0.409 e. The predicted octanol–water partition coefficient (Wildman–Crippen LogP) is 2.64. The molecule has 0 unspecified atom stereocenters. The van der Waals surface area contributed by atoms with Gasteiger partial charge in [0.15, 0.2) is 0 Å². The van der Waals surface area contributed by atoms with Crippen LogP contribution in [0.2, 0.25) is 0 Å². The number of ether oxygens (including phenoxy) is 1. The highest BCUT2D eigenvalue weighted by Crippen LogP contribution is 2.23. The molecule has 1 aromatic rings. The van der Waals surface area contributed by atoms with E-state index in [4.69, 9.17) is 11.6 Å². The molecule has 0 aliphatic heterocycles. The number of carbonyl (C=O) groups is 1. The SMILES string of the molecule is Cc1cc([N+](=O)[O-])ccc1OC(=O)Cl. The van der Waals surface area contributed by atoms with E-state index in [1.807, 2.05) is 0 Å². The second-order valence-corrected chi connectivity index (χ2v) is 2.86. The molecule has 14 heavy (non-hydrogen) atoms. The van der Waals surface area contributed by atoms with E-state index in [0.717, 1.165) is 0 Å². The number of rotatable bonds is 2. The number of carbonyl (C=O) groups excluding carboxylic acids is 1. The molecule has 0 amide bonds. The molecular weight excluding hydrogens is 210 g/mol. The third-order valence-electron chi connectivity index (χ3n) is 1.56. The Bertz CT molecular complexity index is 391. The lowest BCUT2D eigenvalue weighted by Gasteiger charge is -2.02. The maximum Gasteiger partial charge on any atom is 0.409 e. The Kier molecular flexibility index (Phi) is 3.03. The van der Waals surface area contributed by atoms with Crippen molar-refractivity contribution in [2.24, 2.45) is 0 Å². The van der Waals surface area contributed by atoms with Gasteiger partial charge in [-0.15, -0.1) is 0 Å². The van der Waals surface area contributed by atoms with Crippen molar-refractivity contribution in [3.8, 4) is 5.75 Å². The lowest BCUT2D eigenvalue weighted by atomic mass is 10.2. The van der Waals surface area contributed by atoms with E-state index in [2.05, 4.69) is 4.74 Å². The summed E-state index contributed by atoms with van der Waals surface area (Å²) in [5.74, 6) is 0.218. The van der Waals surface area contributed by atoms with Gasteiger partial charge < -0.3 is 4.74 Å². The molecule has 0 aromatic heterocycles. The summed E-state index contributed by atoms with van der Waals surface area (Å²) in [5.41, 5.74) is -0.549. The number of aryl methyl sites for hydroxylation is 1. The van der Waals surface area contributed by atoms with Crippen LogP contribution in [0.1, 0.15) is 5.56 Å². The topological polar surface area (TPSA) is 69.4 Å². The fraction of sp³-hybridized carbons (Fsp3) is 0.125. The Balaban J connectivity index is 3.01. The Morgan fingerprint density at radius 1 is 1.57 bits per heavy atom. The first kappa shape index (κ1) is 10.5. The van der Waals surface area contributed by atoms with Crippen molar-refractivity contribution in [3.05, 3.63) is 33.9 Å². The number of hydrogen-bond donors (Lipinski definition) is 0. The Hall–Kier alpha value is -1.62. The van der Waals surface area contributed by atoms with Crippen LogP contribution in [0.25, 0.3) is 0 Å². The van der Waals surface area contributed by atoms with Crippen LogP contribution in [0.15, 0.2) is 18.2 Å². The lowest BCUT2D eigenvalue weighted by Crippen LogP contribution is -1.98. The minimum atomic E-state index is -0.970. The number of nitro groups is 1. The monoisotopic (exact) mass is 215 g/mol. The number of nitro benzene ring substituents is 1. The molecule has 0 N–H and O–H groups in total. The number of halogens is 1. The quantitative estimate of drug-likeness (QED) is 0.432. The van der Waals surface area contributed by atoms with Gasteiger partial charge in [-0.2, -0.15) is 0 Å². The second-order valence-electron chi connectivity index (χ2n) is 2.55. The zero-order valence-corrected chi connectivity index (χ0v) is 7.95. The molecule has 0 heterocycles. The van der Waals surface area contributed by atoms with E-state index < -0.39 is 10.4 Å². The molecule has 0 radical (unpaired) electrons. The highest BCUT2D eigenvalue weighted by Gasteiger charge is 2.10. The highest BCUT2D eigenvalue weighted by molar-refractivity contribution is 6.61. The van der Waals surface area contributed by atoms with Crippen molar-refractivity contribution in [2.75, 3.05) is 0 Å². The lowest BCUT2D eigenvalue weighted by molar-refractivity contribution is -0.384. The fourth-order valence-corrected chi connectivity index (χ4v) is 1.03. The normalized spacial score (nSPS) is 9.57. The molecule has 1 rings (SSSR count). The van der Waals surface area contributed by atoms with Gasteiger partial charge in [-0.1, -0.05) is 0 Å². The number of hydrogen-bond acceptors (Lipinski definition) is 4. The molecule has 0 aliphatic rings. The molecule has 74 valence electrons. The number of nitrogens with zero attached hydrogens (tertiary/aromatic N) is 1. The van der Waals surface area contributed by atoms with Gasteiger partial charge in [0.05, 0.1) is 4.92 Å². The molecule has 6 heteroatoms. The van der Waals surface area contributed by atoms with Gasteiger partial charge in [0, 0.05) is 23.7 Å². The van der Waals surface area contributed by atoms with Crippen LogP contribution in [0.3, 0.4) is 0 Å². The average molecular weight is 216 g/mol. The van der Waals surface area contributed by atoms with Gasteiger partial charge in [0.2, 0.25) is 0 Å². The van der Waals surface area contributed by atoms with Gasteiger partial charge in [0.1, 0.15) is 5.75 Å². The summed E-state index contributed by atoms with van der Waals surface area (Å²) in [5, 5.41) is 10.4. The van der Waals surface area contributed by atoms with Gasteiger partial charge >= 0.3 is 5.43 Å². The minimum Gasteiger partial charge on any atom is -0.414 e. The summed E-state index contributed by atoms with van der Waals surface area (Å²) >= 11 is 4.99. The predicted molar refractivity (Wildman–Crippen MR) is 49.7 cm³/mol. The van der Waals surface area contributed by atoms with Crippen LogP contribution in [-0.4, -0.2) is 10.4 Å². The zero-order valence-electron chi connectivity index (χ0n) is 7.19. The summed E-state index contributed by atoms with van der Waals surface area (Å²) in [6, 6.07) is 3.87. The van der Waals surface area contributed by atoms with Crippen LogP contribution in [0.4, 0.5) is 10.5 Å². The van der Waals surface area contributed by atoms with E-state index in [1.165, 1.54) is 18.2 Å². The molecule has 0 atom stereocenters. The molecule has 5 nitrogen and oxygen atoms in total. The first-order valence-corrected chi connectivity index (χ1v) is 4.01. The molecule has 0 saturated carbocycles. The van der Waals surface area contributed by atoms with Crippen molar-refractivity contribution in [2.45, 2.75) is 6.92 Å². The van der Waals surface area contributed by atoms with Crippen molar-refractivity contribution >= 4 is 22.7 Å². The summed E-state index contributed by atoms with van der Waals surface area (Å²) in [6.45, 7) is 1.59. The van der Waals surface area contributed by atoms with Crippen molar-refractivity contribution in [1.82, 2.24) is 0 Å². The van der Waals surface area contributed by atoms with Crippen molar-refractivity contribution in [3.63, 3.8) is 0 Å². The summed E-state index contributed by atoms with van der Waals surface area (Å²) < 4.78 is 4.58. The van der Waals surface area contributed by atoms with Gasteiger partial charge in [-0.05, 0) is 18.6 Å². The Morgan fingerprint density at radius 2 is 2.21 bits per heavy atom. The van der Waals surface area contributed by atoms with Gasteiger partial charge in [-0.25, -0.2) is 4.79 Å². The molecule has 1 aromatic carbocycles. The third kappa shape index (κ3) is 2.43. The highest BCUT2D eigenvalue weighted by atomic mass is 35.5. The first-order valence-electron chi connectivity index (χ1n) is 3.63. The molecule has 0 aliphatic carbocycles. The van der Waals surface area contributed by atoms with E-state index in [-0.39, 0.29) is 11.4 Å². The minimum absolute atomic E-state index is 0.0585. The van der Waals surface area contributed by atoms with Gasteiger partial charge in [0.25, 0.3) is 5.69 Å². The largest absolute Gasteiger partial charge is 0.414 e. The van der Waals surface area contributed by atoms with E-state index in [9.17, 15) is 14.9 Å². The molecule has 0 bridgehead atoms. The third-order valence-corrected chi connectivity index (χ3v) is 1.64. The molecule has 0 spiro atoms. The summed E-state index contributed by atoms with van der Waals surface area (Å²) in [7, 11) is 0.